The fourth-order valence-electron chi connectivity index (χ4n) is 1.81. The molecule has 7 heteroatoms. The van der Waals surface area contributed by atoms with Gasteiger partial charge < -0.3 is 9.84 Å². The van der Waals surface area contributed by atoms with Crippen LogP contribution in [-0.2, 0) is 4.74 Å². The first-order valence-corrected chi connectivity index (χ1v) is 6.61. The van der Waals surface area contributed by atoms with Gasteiger partial charge in [-0.25, -0.2) is 18.3 Å². The number of amidine groups is 1. The molecule has 19 heavy (non-hydrogen) atoms. The normalized spacial score (nSPS) is 28.3. The van der Waals surface area contributed by atoms with Crippen LogP contribution in [0.2, 0.25) is 0 Å². The molecule has 0 amide bonds. The van der Waals surface area contributed by atoms with Gasteiger partial charge in [0.2, 0.25) is 0 Å². The third kappa shape index (κ3) is 5.10. The molecule has 1 rings (SSSR count). The minimum atomic E-state index is -2.95. The second kappa shape index (κ2) is 6.70. The molecule has 0 bridgehead atoms. The van der Waals surface area contributed by atoms with Crippen LogP contribution in [0, 0.1) is 5.92 Å². The van der Waals surface area contributed by atoms with Gasteiger partial charge >= 0.3 is 5.17 Å². The van der Waals surface area contributed by atoms with Crippen molar-refractivity contribution in [2.24, 2.45) is 5.92 Å². The van der Waals surface area contributed by atoms with Crippen LogP contribution < -0.4 is 4.67 Å². The second-order valence-electron chi connectivity index (χ2n) is 5.04. The fourth-order valence-corrected chi connectivity index (χ4v) is 1.87. The summed E-state index contributed by atoms with van der Waals surface area (Å²) >= 11 is 4.16. The lowest BCUT2D eigenvalue weighted by Gasteiger charge is -2.23. The Balaban J connectivity index is 2.76. The molecule has 0 aromatic rings. The summed E-state index contributed by atoms with van der Waals surface area (Å²) in [6, 6.07) is 0. The Morgan fingerprint density at radius 2 is 2.16 bits per heavy atom. The zero-order valence-electron chi connectivity index (χ0n) is 11.4. The minimum absolute atomic E-state index is 0.0932. The molecule has 1 saturated heterocycles. The van der Waals surface area contributed by atoms with Crippen molar-refractivity contribution in [3.8, 4) is 0 Å². The Morgan fingerprint density at radius 1 is 1.53 bits per heavy atom. The van der Waals surface area contributed by atoms with Crippen LogP contribution in [0.1, 0.15) is 19.8 Å². The van der Waals surface area contributed by atoms with Crippen LogP contribution >= 0.6 is 12.6 Å². The van der Waals surface area contributed by atoms with E-state index in [1.165, 1.54) is 0 Å². The Hall–Kier alpha value is -0.620. The standard InChI is InChI=1S/C12H20F2N2O2S/c1-12(13,14)10-6-9(17)8(4-5-18-10)7-15-11(19)16(2)3/h7-10,17H,4-6H2,1-3H3/p+1. The first kappa shape index (κ1) is 16.4. The van der Waals surface area contributed by atoms with Crippen LogP contribution in [0.5, 0.6) is 0 Å². The number of hydrogen-bond acceptors (Lipinski definition) is 2. The number of aliphatic hydroxyl groups is 1. The Morgan fingerprint density at radius 3 is 2.68 bits per heavy atom. The number of hydrogen-bond donors (Lipinski definition) is 2. The molecule has 1 fully saturated rings. The molecular formula is C12H21F2N2O2S+. The molecule has 4 nitrogen and oxygen atoms in total. The number of ether oxygens (including phenoxy) is 1. The van der Waals surface area contributed by atoms with E-state index in [-0.39, 0.29) is 18.9 Å². The first-order chi connectivity index (χ1) is 8.71. The predicted octanol–water partition coefficient (Wildman–Crippen LogP) is 0.783. The van der Waals surface area contributed by atoms with E-state index in [0.717, 1.165) is 6.92 Å². The van der Waals surface area contributed by atoms with Crippen LogP contribution in [0.25, 0.3) is 0 Å². The van der Waals surface area contributed by atoms with E-state index in [1.807, 2.05) is 0 Å². The van der Waals surface area contributed by atoms with Gasteiger partial charge in [0.1, 0.15) is 6.10 Å². The Bertz CT molecular complexity index is 365. The molecule has 3 unspecified atom stereocenters. The third-order valence-corrected chi connectivity index (χ3v) is 3.58. The van der Waals surface area contributed by atoms with E-state index in [1.54, 1.807) is 25.2 Å². The van der Waals surface area contributed by atoms with Crippen molar-refractivity contribution in [1.29, 1.82) is 0 Å². The highest BCUT2D eigenvalue weighted by molar-refractivity contribution is 7.96. The highest BCUT2D eigenvalue weighted by Gasteiger charge is 2.40. The van der Waals surface area contributed by atoms with Crippen molar-refractivity contribution in [2.75, 3.05) is 20.7 Å². The summed E-state index contributed by atoms with van der Waals surface area (Å²) in [5.41, 5.74) is 0. The lowest BCUT2D eigenvalue weighted by Crippen LogP contribution is -2.36. The number of alkyl halides is 2. The van der Waals surface area contributed by atoms with Crippen LogP contribution in [0.15, 0.2) is 0 Å². The molecular weight excluding hydrogens is 274 g/mol. The lowest BCUT2D eigenvalue weighted by atomic mass is 9.95. The predicted molar refractivity (Wildman–Crippen MR) is 75.0 cm³/mol. The van der Waals surface area contributed by atoms with Gasteiger partial charge in [0, 0.05) is 20.0 Å². The van der Waals surface area contributed by atoms with E-state index in [4.69, 9.17) is 4.74 Å². The summed E-state index contributed by atoms with van der Waals surface area (Å²) in [5.74, 6) is -3.24. The van der Waals surface area contributed by atoms with Crippen molar-refractivity contribution in [3.63, 3.8) is 0 Å². The molecule has 0 radical (unpaired) electrons. The molecule has 3 atom stereocenters. The van der Waals surface area contributed by atoms with Gasteiger partial charge in [-0.3, -0.25) is 0 Å². The maximum atomic E-state index is 13.2. The van der Waals surface area contributed by atoms with Crippen LogP contribution in [-0.4, -0.2) is 60.2 Å². The average Bonchev–Trinajstić information content (AvgIpc) is 2.47. The maximum absolute atomic E-state index is 13.2. The van der Waals surface area contributed by atoms with Crippen molar-refractivity contribution < 1.29 is 18.6 Å². The molecule has 0 aromatic carbocycles. The van der Waals surface area contributed by atoms with E-state index in [0.29, 0.717) is 11.6 Å². The van der Waals surface area contributed by atoms with E-state index in [9.17, 15) is 13.9 Å². The van der Waals surface area contributed by atoms with Gasteiger partial charge in [-0.1, -0.05) is 0 Å². The van der Waals surface area contributed by atoms with Crippen LogP contribution in [0.3, 0.4) is 0 Å². The maximum Gasteiger partial charge on any atom is 0.402 e. The molecule has 0 saturated carbocycles. The molecule has 1 aliphatic heterocycles. The van der Waals surface area contributed by atoms with Crippen molar-refractivity contribution in [3.05, 3.63) is 0 Å². The summed E-state index contributed by atoms with van der Waals surface area (Å²) in [7, 11) is 3.58. The number of nitrogens with zero attached hydrogens (tertiary/aromatic N) is 2. The van der Waals surface area contributed by atoms with E-state index >= 15 is 0 Å². The van der Waals surface area contributed by atoms with E-state index in [2.05, 4.69) is 17.3 Å². The zero-order chi connectivity index (χ0) is 14.6. The van der Waals surface area contributed by atoms with Gasteiger partial charge in [-0.05, 0) is 19.0 Å². The number of thiol groups is 1. The molecule has 1 N–H and O–H groups in total. The SMILES string of the molecule is CN(C)C(S)=[N+]=CC1CCOC(C(C)(F)F)CC1O. The Kier molecular flexibility index (Phi) is 5.80. The summed E-state index contributed by atoms with van der Waals surface area (Å²) in [6.45, 7) is 0.996. The van der Waals surface area contributed by atoms with E-state index < -0.39 is 18.1 Å². The van der Waals surface area contributed by atoms with Gasteiger partial charge in [-0.15, -0.1) is 0 Å². The molecule has 1 heterocycles. The zero-order valence-corrected chi connectivity index (χ0v) is 12.3. The summed E-state index contributed by atoms with van der Waals surface area (Å²) < 4.78 is 35.7. The smallest absolute Gasteiger partial charge is 0.392 e. The minimum Gasteiger partial charge on any atom is -0.392 e. The summed E-state index contributed by atoms with van der Waals surface area (Å²) in [6.07, 6.45) is -0.193. The van der Waals surface area contributed by atoms with Gasteiger partial charge in [0.25, 0.3) is 5.92 Å². The van der Waals surface area contributed by atoms with Crippen LogP contribution in [0.4, 0.5) is 8.78 Å². The monoisotopic (exact) mass is 295 g/mol. The number of rotatable bonds is 2. The quantitative estimate of drug-likeness (QED) is 0.343. The van der Waals surface area contributed by atoms with Crippen molar-refractivity contribution in [1.82, 2.24) is 9.57 Å². The fraction of sp³-hybridized carbons (Fsp3) is 0.833. The highest BCUT2D eigenvalue weighted by Crippen LogP contribution is 2.29. The molecule has 0 aromatic heterocycles. The second-order valence-corrected chi connectivity index (χ2v) is 5.44. The average molecular weight is 295 g/mol. The van der Waals surface area contributed by atoms with Gasteiger partial charge in [0.05, 0.1) is 26.1 Å². The number of aliphatic hydroxyl groups excluding tert-OH is 1. The largest absolute Gasteiger partial charge is 0.402 e. The van der Waals surface area contributed by atoms with Crippen molar-refractivity contribution in [2.45, 2.75) is 37.9 Å². The molecule has 0 spiro atoms. The summed E-state index contributed by atoms with van der Waals surface area (Å²) in [5, 5.41) is 10.5. The first-order valence-electron chi connectivity index (χ1n) is 6.16. The third-order valence-electron chi connectivity index (χ3n) is 3.07. The summed E-state index contributed by atoms with van der Waals surface area (Å²) in [4.78, 5) is 1.71. The lowest BCUT2D eigenvalue weighted by molar-refractivity contribution is -0.130. The number of halogens is 2. The molecule has 0 aliphatic carbocycles. The highest BCUT2D eigenvalue weighted by atomic mass is 32.1. The van der Waals surface area contributed by atoms with Crippen molar-refractivity contribution >= 4 is 24.0 Å². The van der Waals surface area contributed by atoms with Gasteiger partial charge in [-0.2, -0.15) is 0 Å². The Labute approximate surface area is 117 Å². The van der Waals surface area contributed by atoms with Gasteiger partial charge in [0.15, 0.2) is 6.21 Å². The molecule has 110 valence electrons. The topological polar surface area (TPSA) is 46.8 Å². The molecule has 1 aliphatic rings.